The van der Waals surface area contributed by atoms with Crippen molar-refractivity contribution < 1.29 is 13.5 Å². The average molecular weight is 311 g/mol. The van der Waals surface area contributed by atoms with Gasteiger partial charge in [-0.3, -0.25) is 0 Å². The summed E-state index contributed by atoms with van der Waals surface area (Å²) in [4.78, 5) is 0. The smallest absolute Gasteiger partial charge is 0.252 e. The van der Waals surface area contributed by atoms with Crippen LogP contribution in [0.3, 0.4) is 0 Å². The fourth-order valence-corrected chi connectivity index (χ4v) is 4.99. The van der Waals surface area contributed by atoms with Gasteiger partial charge < -0.3 is 10.8 Å². The Kier molecular flexibility index (Phi) is 4.01. The summed E-state index contributed by atoms with van der Waals surface area (Å²) >= 11 is 6.79. The van der Waals surface area contributed by atoms with E-state index in [9.17, 15) is 13.5 Å². The number of hydrogen-bond acceptors (Lipinski definition) is 5. The van der Waals surface area contributed by atoms with E-state index in [-0.39, 0.29) is 23.8 Å². The van der Waals surface area contributed by atoms with E-state index in [0.717, 1.165) is 11.3 Å². The molecule has 1 fully saturated rings. The molecule has 1 aromatic rings. The Morgan fingerprint density at radius 3 is 2.50 bits per heavy atom. The van der Waals surface area contributed by atoms with E-state index >= 15 is 0 Å². The summed E-state index contributed by atoms with van der Waals surface area (Å²) in [5, 5.41) is 9.97. The number of thiophene rings is 1. The molecule has 1 aromatic heterocycles. The average Bonchev–Trinajstić information content (AvgIpc) is 2.77. The quantitative estimate of drug-likeness (QED) is 0.868. The Balaban J connectivity index is 2.14. The van der Waals surface area contributed by atoms with Crippen molar-refractivity contribution in [3.63, 3.8) is 0 Å². The Labute approximate surface area is 115 Å². The summed E-state index contributed by atoms with van der Waals surface area (Å²) in [6, 6.07) is 3.07. The van der Waals surface area contributed by atoms with E-state index < -0.39 is 15.6 Å². The number of hydrogen-bond donors (Lipinski definition) is 2. The zero-order valence-corrected chi connectivity index (χ0v) is 12.1. The number of halogens is 1. The Hall–Kier alpha value is -0.180. The molecule has 18 heavy (non-hydrogen) atoms. The molecular weight excluding hydrogens is 296 g/mol. The summed E-state index contributed by atoms with van der Waals surface area (Å²) in [6.45, 7) is 0.725. The number of nitrogens with two attached hydrogens (primary N) is 1. The lowest BCUT2D eigenvalue weighted by atomic mass is 9.93. The van der Waals surface area contributed by atoms with Crippen LogP contribution in [0, 0.1) is 0 Å². The molecule has 1 saturated heterocycles. The topological polar surface area (TPSA) is 83.6 Å². The molecule has 0 atom stereocenters. The van der Waals surface area contributed by atoms with E-state index in [2.05, 4.69) is 0 Å². The molecule has 0 amide bonds. The fraction of sp³-hybridized carbons (Fsp3) is 0.600. The second-order valence-electron chi connectivity index (χ2n) is 4.39. The van der Waals surface area contributed by atoms with Crippen LogP contribution in [-0.2, 0) is 10.0 Å². The zero-order chi connectivity index (χ0) is 13.4. The van der Waals surface area contributed by atoms with Gasteiger partial charge in [-0.25, -0.2) is 8.42 Å². The minimum Gasteiger partial charge on any atom is -0.388 e. The summed E-state index contributed by atoms with van der Waals surface area (Å²) in [5.41, 5.74) is 4.54. The molecule has 0 unspecified atom stereocenters. The van der Waals surface area contributed by atoms with Crippen molar-refractivity contribution >= 4 is 33.0 Å². The third-order valence-corrected chi connectivity index (χ3v) is 6.77. The molecule has 0 aliphatic carbocycles. The molecule has 0 radical (unpaired) electrons. The van der Waals surface area contributed by atoms with Crippen LogP contribution in [-0.4, -0.2) is 43.1 Å². The number of piperidine rings is 1. The van der Waals surface area contributed by atoms with Crippen molar-refractivity contribution in [3.8, 4) is 0 Å². The highest BCUT2D eigenvalue weighted by Crippen LogP contribution is 2.31. The molecule has 8 heteroatoms. The summed E-state index contributed by atoms with van der Waals surface area (Å²) in [5.74, 6) is 0. The Morgan fingerprint density at radius 2 is 2.06 bits per heavy atom. The first kappa shape index (κ1) is 14.2. The first-order valence-corrected chi connectivity index (χ1v) is 8.19. The van der Waals surface area contributed by atoms with E-state index in [1.54, 1.807) is 6.07 Å². The summed E-state index contributed by atoms with van der Waals surface area (Å²) in [7, 11) is -3.48. The molecule has 1 aliphatic rings. The standard InChI is InChI=1S/C10H15ClN2O3S2/c11-8-1-2-9(17-8)18(15,16)13-5-3-10(14,7-12)4-6-13/h1-2,14H,3-7,12H2. The van der Waals surface area contributed by atoms with Gasteiger partial charge in [0.15, 0.2) is 0 Å². The molecule has 1 aliphatic heterocycles. The molecule has 2 rings (SSSR count). The van der Waals surface area contributed by atoms with Gasteiger partial charge in [-0.05, 0) is 25.0 Å². The van der Waals surface area contributed by atoms with Crippen molar-refractivity contribution in [2.45, 2.75) is 22.7 Å². The minimum absolute atomic E-state index is 0.158. The van der Waals surface area contributed by atoms with Gasteiger partial charge in [0.2, 0.25) is 0 Å². The normalized spacial score (nSPS) is 21.1. The van der Waals surface area contributed by atoms with Crippen LogP contribution >= 0.6 is 22.9 Å². The highest BCUT2D eigenvalue weighted by molar-refractivity contribution is 7.91. The second kappa shape index (κ2) is 5.07. The van der Waals surface area contributed by atoms with Crippen molar-refractivity contribution in [1.82, 2.24) is 4.31 Å². The predicted molar refractivity (Wildman–Crippen MR) is 71.3 cm³/mol. The third-order valence-electron chi connectivity index (χ3n) is 3.18. The summed E-state index contributed by atoms with van der Waals surface area (Å²) in [6.07, 6.45) is 0.726. The van der Waals surface area contributed by atoms with Gasteiger partial charge in [0.1, 0.15) is 4.21 Å². The van der Waals surface area contributed by atoms with Crippen LogP contribution in [0.15, 0.2) is 16.3 Å². The van der Waals surface area contributed by atoms with Gasteiger partial charge in [-0.1, -0.05) is 11.6 Å². The largest absolute Gasteiger partial charge is 0.388 e. The van der Waals surface area contributed by atoms with Crippen molar-refractivity contribution in [3.05, 3.63) is 16.5 Å². The van der Waals surface area contributed by atoms with Gasteiger partial charge in [0.05, 0.1) is 9.94 Å². The fourth-order valence-electron chi connectivity index (χ4n) is 1.91. The number of nitrogens with zero attached hydrogens (tertiary/aromatic N) is 1. The van der Waals surface area contributed by atoms with Crippen LogP contribution in [0.2, 0.25) is 4.34 Å². The van der Waals surface area contributed by atoms with Gasteiger partial charge in [-0.2, -0.15) is 4.31 Å². The number of sulfonamides is 1. The van der Waals surface area contributed by atoms with E-state index in [1.807, 2.05) is 0 Å². The number of aliphatic hydroxyl groups is 1. The minimum atomic E-state index is -3.48. The van der Waals surface area contributed by atoms with E-state index in [1.165, 1.54) is 10.4 Å². The van der Waals surface area contributed by atoms with Crippen LogP contribution in [0.1, 0.15) is 12.8 Å². The lowest BCUT2D eigenvalue weighted by Gasteiger charge is -2.36. The predicted octanol–water partition coefficient (Wildman–Crippen LogP) is 0.876. The molecule has 3 N–H and O–H groups in total. The van der Waals surface area contributed by atoms with Crippen molar-refractivity contribution in [1.29, 1.82) is 0 Å². The van der Waals surface area contributed by atoms with Crippen LogP contribution in [0.25, 0.3) is 0 Å². The third kappa shape index (κ3) is 2.71. The van der Waals surface area contributed by atoms with E-state index in [4.69, 9.17) is 17.3 Å². The van der Waals surface area contributed by atoms with Crippen LogP contribution in [0.4, 0.5) is 0 Å². The zero-order valence-electron chi connectivity index (χ0n) is 9.67. The molecule has 5 nitrogen and oxygen atoms in total. The van der Waals surface area contributed by atoms with E-state index in [0.29, 0.717) is 17.2 Å². The molecule has 0 spiro atoms. The maximum absolute atomic E-state index is 12.3. The van der Waals surface area contributed by atoms with Gasteiger partial charge >= 0.3 is 0 Å². The van der Waals surface area contributed by atoms with Crippen LogP contribution < -0.4 is 5.73 Å². The van der Waals surface area contributed by atoms with Crippen LogP contribution in [0.5, 0.6) is 0 Å². The van der Waals surface area contributed by atoms with Crippen molar-refractivity contribution in [2.24, 2.45) is 5.73 Å². The molecule has 2 heterocycles. The monoisotopic (exact) mass is 310 g/mol. The first-order chi connectivity index (χ1) is 8.37. The highest BCUT2D eigenvalue weighted by Gasteiger charge is 2.36. The SMILES string of the molecule is NCC1(O)CCN(S(=O)(=O)c2ccc(Cl)s2)CC1. The maximum Gasteiger partial charge on any atom is 0.252 e. The molecule has 0 saturated carbocycles. The molecule has 0 bridgehead atoms. The van der Waals surface area contributed by atoms with Gasteiger partial charge in [-0.15, -0.1) is 11.3 Å². The second-order valence-corrected chi connectivity index (χ2v) is 8.27. The highest BCUT2D eigenvalue weighted by atomic mass is 35.5. The lowest BCUT2D eigenvalue weighted by Crippen LogP contribution is -2.50. The number of rotatable bonds is 3. The van der Waals surface area contributed by atoms with Gasteiger partial charge in [0, 0.05) is 19.6 Å². The molecule has 0 aromatic carbocycles. The van der Waals surface area contributed by atoms with Crippen molar-refractivity contribution in [2.75, 3.05) is 19.6 Å². The molecular formula is C10H15ClN2O3S2. The van der Waals surface area contributed by atoms with Gasteiger partial charge in [0.25, 0.3) is 10.0 Å². The lowest BCUT2D eigenvalue weighted by molar-refractivity contribution is 0.00348. The first-order valence-electron chi connectivity index (χ1n) is 5.55. The molecule has 102 valence electrons. The Bertz CT molecular complexity index is 521. The maximum atomic E-state index is 12.3. The Morgan fingerprint density at radius 1 is 1.44 bits per heavy atom. The summed E-state index contributed by atoms with van der Waals surface area (Å²) < 4.78 is 26.6.